The lowest BCUT2D eigenvalue weighted by Gasteiger charge is -2.22. The van der Waals surface area contributed by atoms with Gasteiger partial charge in [-0.2, -0.15) is 0 Å². The first-order chi connectivity index (χ1) is 6.44. The van der Waals surface area contributed by atoms with Crippen LogP contribution in [0.15, 0.2) is 0 Å². The van der Waals surface area contributed by atoms with Crippen LogP contribution in [0, 0.1) is 11.8 Å². The van der Waals surface area contributed by atoms with Crippen molar-refractivity contribution in [3.8, 4) is 0 Å². The second-order valence-corrected chi connectivity index (χ2v) is 5.57. The van der Waals surface area contributed by atoms with E-state index in [1.807, 2.05) is 20.8 Å². The van der Waals surface area contributed by atoms with E-state index in [4.69, 9.17) is 4.74 Å². The summed E-state index contributed by atoms with van der Waals surface area (Å²) in [6.45, 7) is 5.66. The van der Waals surface area contributed by atoms with E-state index >= 15 is 0 Å². The maximum absolute atomic E-state index is 11.4. The van der Waals surface area contributed by atoms with Gasteiger partial charge in [0, 0.05) is 6.04 Å². The first kappa shape index (κ1) is 9.81. The highest BCUT2D eigenvalue weighted by molar-refractivity contribution is 5.68. The molecule has 0 saturated heterocycles. The Balaban J connectivity index is 1.72. The number of hydrogen-bond donors (Lipinski definition) is 1. The summed E-state index contributed by atoms with van der Waals surface area (Å²) in [5, 5.41) is 2.94. The van der Waals surface area contributed by atoms with Crippen LogP contribution in [0.5, 0.6) is 0 Å². The maximum Gasteiger partial charge on any atom is 0.407 e. The summed E-state index contributed by atoms with van der Waals surface area (Å²) in [5.74, 6) is 1.80. The maximum atomic E-state index is 11.4. The van der Waals surface area contributed by atoms with Gasteiger partial charge in [-0.05, 0) is 51.9 Å². The van der Waals surface area contributed by atoms with Crippen LogP contribution in [-0.2, 0) is 4.74 Å². The van der Waals surface area contributed by atoms with Gasteiger partial charge in [-0.15, -0.1) is 0 Å². The number of fused-ring (bicyclic) bond motifs is 1. The summed E-state index contributed by atoms with van der Waals surface area (Å²) in [4.78, 5) is 11.4. The molecule has 14 heavy (non-hydrogen) atoms. The van der Waals surface area contributed by atoms with Gasteiger partial charge in [-0.1, -0.05) is 0 Å². The zero-order valence-corrected chi connectivity index (χ0v) is 9.17. The SMILES string of the molecule is CC(C)(C)OC(=O)N[C@H]1C[C@@H]2C[C@@H]2C1. The summed E-state index contributed by atoms with van der Waals surface area (Å²) in [7, 11) is 0. The Bertz CT molecular complexity index is 234. The lowest BCUT2D eigenvalue weighted by atomic mass is 10.1. The number of amides is 1. The first-order valence-corrected chi connectivity index (χ1v) is 5.43. The van der Waals surface area contributed by atoms with Gasteiger partial charge in [-0.3, -0.25) is 0 Å². The van der Waals surface area contributed by atoms with Gasteiger partial charge in [0.1, 0.15) is 5.60 Å². The van der Waals surface area contributed by atoms with E-state index < -0.39 is 0 Å². The number of alkyl carbamates (subject to hydrolysis) is 1. The van der Waals surface area contributed by atoms with Crippen LogP contribution in [-0.4, -0.2) is 17.7 Å². The van der Waals surface area contributed by atoms with E-state index in [2.05, 4.69) is 5.32 Å². The molecule has 80 valence electrons. The second kappa shape index (κ2) is 3.14. The lowest BCUT2D eigenvalue weighted by Crippen LogP contribution is -2.38. The average molecular weight is 197 g/mol. The minimum atomic E-state index is -0.383. The molecule has 0 radical (unpaired) electrons. The Hall–Kier alpha value is -0.730. The van der Waals surface area contributed by atoms with E-state index in [-0.39, 0.29) is 11.7 Å². The molecule has 0 aromatic heterocycles. The molecule has 0 aliphatic heterocycles. The first-order valence-electron chi connectivity index (χ1n) is 5.43. The zero-order valence-electron chi connectivity index (χ0n) is 9.17. The second-order valence-electron chi connectivity index (χ2n) is 5.57. The molecule has 3 nitrogen and oxygen atoms in total. The number of nitrogens with one attached hydrogen (secondary N) is 1. The highest BCUT2D eigenvalue weighted by atomic mass is 16.6. The predicted octanol–water partition coefficient (Wildman–Crippen LogP) is 2.31. The Labute approximate surface area is 85.2 Å². The molecule has 2 rings (SSSR count). The van der Waals surface area contributed by atoms with Crippen molar-refractivity contribution >= 4 is 6.09 Å². The van der Waals surface area contributed by atoms with E-state index in [1.165, 1.54) is 6.42 Å². The lowest BCUT2D eigenvalue weighted by molar-refractivity contribution is 0.0502. The molecule has 2 fully saturated rings. The van der Waals surface area contributed by atoms with E-state index in [0.29, 0.717) is 6.04 Å². The Morgan fingerprint density at radius 1 is 1.21 bits per heavy atom. The van der Waals surface area contributed by atoms with Crippen molar-refractivity contribution < 1.29 is 9.53 Å². The summed E-state index contributed by atoms with van der Waals surface area (Å²) in [5.41, 5.74) is -0.383. The molecular weight excluding hydrogens is 178 g/mol. The Morgan fingerprint density at radius 3 is 2.29 bits per heavy atom. The zero-order chi connectivity index (χ0) is 10.3. The fraction of sp³-hybridized carbons (Fsp3) is 0.909. The van der Waals surface area contributed by atoms with Crippen molar-refractivity contribution in [2.75, 3.05) is 0 Å². The van der Waals surface area contributed by atoms with Crippen molar-refractivity contribution in [2.45, 2.75) is 51.7 Å². The summed E-state index contributed by atoms with van der Waals surface area (Å²) in [6, 6.07) is 0.369. The number of hydrogen-bond acceptors (Lipinski definition) is 2. The Morgan fingerprint density at radius 2 is 1.79 bits per heavy atom. The summed E-state index contributed by atoms with van der Waals surface area (Å²) < 4.78 is 5.20. The monoisotopic (exact) mass is 197 g/mol. The van der Waals surface area contributed by atoms with Crippen LogP contribution in [0.2, 0.25) is 0 Å². The largest absolute Gasteiger partial charge is 0.444 e. The highest BCUT2D eigenvalue weighted by Gasteiger charge is 2.46. The molecule has 0 bridgehead atoms. The smallest absolute Gasteiger partial charge is 0.407 e. The van der Waals surface area contributed by atoms with Gasteiger partial charge < -0.3 is 10.1 Å². The topological polar surface area (TPSA) is 38.3 Å². The predicted molar refractivity (Wildman–Crippen MR) is 54.0 cm³/mol. The van der Waals surface area contributed by atoms with Gasteiger partial charge in [0.15, 0.2) is 0 Å². The van der Waals surface area contributed by atoms with Crippen LogP contribution in [0.4, 0.5) is 4.79 Å². The molecule has 1 N–H and O–H groups in total. The Kier molecular flexibility index (Phi) is 2.20. The fourth-order valence-electron chi connectivity index (χ4n) is 2.31. The fourth-order valence-corrected chi connectivity index (χ4v) is 2.31. The van der Waals surface area contributed by atoms with Crippen LogP contribution in [0.25, 0.3) is 0 Å². The van der Waals surface area contributed by atoms with Crippen molar-refractivity contribution in [2.24, 2.45) is 11.8 Å². The summed E-state index contributed by atoms with van der Waals surface area (Å²) in [6.07, 6.45) is 3.43. The average Bonchev–Trinajstić information content (AvgIpc) is 2.54. The van der Waals surface area contributed by atoms with Gasteiger partial charge in [0.25, 0.3) is 0 Å². The highest BCUT2D eigenvalue weighted by Crippen LogP contribution is 2.51. The van der Waals surface area contributed by atoms with E-state index in [0.717, 1.165) is 24.7 Å². The molecule has 0 unspecified atom stereocenters. The molecule has 3 atom stereocenters. The molecule has 2 saturated carbocycles. The molecule has 2 aliphatic carbocycles. The van der Waals surface area contributed by atoms with Gasteiger partial charge in [0.05, 0.1) is 0 Å². The number of ether oxygens (including phenoxy) is 1. The molecule has 0 heterocycles. The molecular formula is C11H19NO2. The number of carbonyl (C=O) groups is 1. The third-order valence-corrected chi connectivity index (χ3v) is 2.96. The van der Waals surface area contributed by atoms with Crippen molar-refractivity contribution in [1.29, 1.82) is 0 Å². The van der Waals surface area contributed by atoms with Gasteiger partial charge in [-0.25, -0.2) is 4.79 Å². The third-order valence-electron chi connectivity index (χ3n) is 2.96. The van der Waals surface area contributed by atoms with E-state index in [9.17, 15) is 4.79 Å². The quantitative estimate of drug-likeness (QED) is 0.700. The van der Waals surface area contributed by atoms with Crippen LogP contribution in [0.3, 0.4) is 0 Å². The van der Waals surface area contributed by atoms with Crippen molar-refractivity contribution in [3.63, 3.8) is 0 Å². The number of rotatable bonds is 1. The molecule has 0 aromatic rings. The molecule has 0 aromatic carbocycles. The van der Waals surface area contributed by atoms with Crippen LogP contribution < -0.4 is 5.32 Å². The minimum Gasteiger partial charge on any atom is -0.444 e. The van der Waals surface area contributed by atoms with Crippen LogP contribution in [0.1, 0.15) is 40.0 Å². The third kappa shape index (κ3) is 2.40. The van der Waals surface area contributed by atoms with Gasteiger partial charge in [0.2, 0.25) is 0 Å². The van der Waals surface area contributed by atoms with Gasteiger partial charge >= 0.3 is 6.09 Å². The van der Waals surface area contributed by atoms with Crippen molar-refractivity contribution in [3.05, 3.63) is 0 Å². The van der Waals surface area contributed by atoms with Crippen LogP contribution >= 0.6 is 0 Å². The molecule has 2 aliphatic rings. The molecule has 0 spiro atoms. The normalized spacial score (nSPS) is 34.9. The number of carbonyl (C=O) groups excluding carboxylic acids is 1. The minimum absolute atomic E-state index is 0.260. The molecule has 1 amide bonds. The standard InChI is InChI=1S/C11H19NO2/c1-11(2,3)14-10(13)12-9-5-7-4-8(7)6-9/h7-9H,4-6H2,1-3H3,(H,12,13)/t7-,8+,9-. The summed E-state index contributed by atoms with van der Waals surface area (Å²) >= 11 is 0. The van der Waals surface area contributed by atoms with E-state index in [1.54, 1.807) is 0 Å². The molecule has 3 heteroatoms. The van der Waals surface area contributed by atoms with Crippen molar-refractivity contribution in [1.82, 2.24) is 5.32 Å².